The van der Waals surface area contributed by atoms with Crippen LogP contribution in [0.4, 0.5) is 0 Å². The van der Waals surface area contributed by atoms with E-state index >= 15 is 0 Å². The highest BCUT2D eigenvalue weighted by Gasteiger charge is 2.23. The van der Waals surface area contributed by atoms with E-state index in [0.29, 0.717) is 17.1 Å². The highest BCUT2D eigenvalue weighted by atomic mass is 32.1. The summed E-state index contributed by atoms with van der Waals surface area (Å²) in [6.45, 7) is 5.95. The Hall–Kier alpha value is -1.24. The lowest BCUT2D eigenvalue weighted by Gasteiger charge is -2.29. The molecule has 0 saturated carbocycles. The average molecular weight is 267 g/mol. The van der Waals surface area contributed by atoms with Crippen molar-refractivity contribution in [2.45, 2.75) is 39.0 Å². The summed E-state index contributed by atoms with van der Waals surface area (Å²) in [7, 11) is 0. The van der Waals surface area contributed by atoms with Gasteiger partial charge in [0, 0.05) is 5.54 Å². The molecular weight excluding hydrogens is 250 g/mol. The maximum Gasteiger partial charge on any atom is 0.268 e. The minimum absolute atomic E-state index is 0.110. The summed E-state index contributed by atoms with van der Waals surface area (Å²) >= 11 is 1.38. The van der Waals surface area contributed by atoms with Crippen molar-refractivity contribution in [2.75, 3.05) is 0 Å². The smallest absolute Gasteiger partial charge is 0.268 e. The van der Waals surface area contributed by atoms with E-state index in [2.05, 4.69) is 15.3 Å². The molecule has 0 aliphatic heterocycles. The predicted octanol–water partition coefficient (Wildman–Crippen LogP) is 1.23. The zero-order chi connectivity index (χ0) is 13.3. The molecule has 0 aliphatic carbocycles. The Kier molecular flexibility index (Phi) is 3.52. The maximum atomic E-state index is 11.8. The van der Waals surface area contributed by atoms with Crippen LogP contribution in [0.15, 0.2) is 16.2 Å². The Morgan fingerprint density at radius 1 is 1.61 bits per heavy atom. The summed E-state index contributed by atoms with van der Waals surface area (Å²) in [6, 6.07) is 1.83. The normalized spacial score (nSPS) is 14.0. The third-order valence-electron chi connectivity index (χ3n) is 3.12. The van der Waals surface area contributed by atoms with Crippen molar-refractivity contribution in [2.24, 2.45) is 0 Å². The Bertz CT molecular complexity index is 601. The standard InChI is InChI=1S/C12H17N3O2S/c1-7(16)12(2,3)13-6-9-14-8-4-5-18-10(8)11(17)15-9/h4-5,7,13,16H,6H2,1-3H3,(H,14,15,17). The summed E-state index contributed by atoms with van der Waals surface area (Å²) in [5.74, 6) is 0.583. The van der Waals surface area contributed by atoms with Crippen molar-refractivity contribution in [3.8, 4) is 0 Å². The Labute approximate surface area is 109 Å². The second kappa shape index (κ2) is 4.79. The number of thiophene rings is 1. The van der Waals surface area contributed by atoms with Gasteiger partial charge in [-0.1, -0.05) is 0 Å². The highest BCUT2D eigenvalue weighted by Crippen LogP contribution is 2.14. The molecule has 1 unspecified atom stereocenters. The number of nitrogens with one attached hydrogen (secondary N) is 2. The molecule has 98 valence electrons. The van der Waals surface area contributed by atoms with Gasteiger partial charge in [0.1, 0.15) is 10.5 Å². The predicted molar refractivity (Wildman–Crippen MR) is 72.8 cm³/mol. The van der Waals surface area contributed by atoms with Crippen LogP contribution >= 0.6 is 11.3 Å². The van der Waals surface area contributed by atoms with Gasteiger partial charge < -0.3 is 15.4 Å². The molecule has 2 rings (SSSR count). The number of fused-ring (bicyclic) bond motifs is 1. The molecule has 0 fully saturated rings. The second-order valence-electron chi connectivity index (χ2n) is 4.90. The van der Waals surface area contributed by atoms with Gasteiger partial charge in [0.05, 0.1) is 18.2 Å². The Morgan fingerprint density at radius 3 is 3.00 bits per heavy atom. The number of H-pyrrole nitrogens is 1. The first kappa shape index (κ1) is 13.2. The van der Waals surface area contributed by atoms with Gasteiger partial charge in [0.2, 0.25) is 0 Å². The molecule has 3 N–H and O–H groups in total. The van der Waals surface area contributed by atoms with Crippen molar-refractivity contribution in [3.63, 3.8) is 0 Å². The molecule has 0 bridgehead atoms. The number of aliphatic hydroxyl groups is 1. The molecule has 0 saturated heterocycles. The molecule has 0 aromatic carbocycles. The molecule has 0 spiro atoms. The van der Waals surface area contributed by atoms with E-state index in [9.17, 15) is 9.90 Å². The van der Waals surface area contributed by atoms with Gasteiger partial charge in [-0.25, -0.2) is 4.98 Å². The van der Waals surface area contributed by atoms with E-state index in [0.717, 1.165) is 5.52 Å². The summed E-state index contributed by atoms with van der Waals surface area (Å²) < 4.78 is 0.647. The molecule has 0 aliphatic rings. The van der Waals surface area contributed by atoms with Crippen molar-refractivity contribution < 1.29 is 5.11 Å². The third-order valence-corrected chi connectivity index (χ3v) is 4.02. The van der Waals surface area contributed by atoms with Crippen LogP contribution < -0.4 is 10.9 Å². The summed E-state index contributed by atoms with van der Waals surface area (Å²) in [5, 5.41) is 14.6. The number of rotatable bonds is 4. The molecule has 1 atom stereocenters. The summed E-state index contributed by atoms with van der Waals surface area (Å²) in [4.78, 5) is 18.9. The van der Waals surface area contributed by atoms with Crippen LogP contribution in [0.25, 0.3) is 10.2 Å². The average Bonchev–Trinajstić information content (AvgIpc) is 2.75. The topological polar surface area (TPSA) is 78.0 Å². The molecule has 0 radical (unpaired) electrons. The van der Waals surface area contributed by atoms with Gasteiger partial charge in [0.25, 0.3) is 5.56 Å². The molecule has 0 amide bonds. The SMILES string of the molecule is CC(O)C(C)(C)NCc1nc2ccsc2c(=O)[nH]1. The monoisotopic (exact) mass is 267 g/mol. The van der Waals surface area contributed by atoms with Crippen LogP contribution in [-0.2, 0) is 6.54 Å². The number of aromatic nitrogens is 2. The van der Waals surface area contributed by atoms with Gasteiger partial charge in [-0.15, -0.1) is 11.3 Å². The first-order valence-electron chi connectivity index (χ1n) is 5.79. The minimum Gasteiger partial charge on any atom is -0.392 e. The molecule has 2 aromatic rings. The van der Waals surface area contributed by atoms with Gasteiger partial charge in [0.15, 0.2) is 0 Å². The number of hydrogen-bond acceptors (Lipinski definition) is 5. The number of aromatic amines is 1. The van der Waals surface area contributed by atoms with E-state index in [1.807, 2.05) is 25.3 Å². The zero-order valence-electron chi connectivity index (χ0n) is 10.7. The lowest BCUT2D eigenvalue weighted by Crippen LogP contribution is -2.48. The molecule has 2 heterocycles. The van der Waals surface area contributed by atoms with Crippen LogP contribution in [0.5, 0.6) is 0 Å². The number of hydrogen-bond donors (Lipinski definition) is 3. The van der Waals surface area contributed by atoms with Gasteiger partial charge in [-0.2, -0.15) is 0 Å². The first-order valence-corrected chi connectivity index (χ1v) is 6.67. The van der Waals surface area contributed by atoms with E-state index < -0.39 is 11.6 Å². The van der Waals surface area contributed by atoms with Crippen molar-refractivity contribution in [3.05, 3.63) is 27.6 Å². The molecule has 6 heteroatoms. The molecule has 2 aromatic heterocycles. The third kappa shape index (κ3) is 2.60. The lowest BCUT2D eigenvalue weighted by molar-refractivity contribution is 0.0951. The van der Waals surface area contributed by atoms with Gasteiger partial charge in [-0.3, -0.25) is 4.79 Å². The first-order chi connectivity index (χ1) is 8.40. The zero-order valence-corrected chi connectivity index (χ0v) is 11.5. The summed E-state index contributed by atoms with van der Waals surface area (Å²) in [5.41, 5.74) is 0.180. The largest absolute Gasteiger partial charge is 0.392 e. The molecule has 5 nitrogen and oxygen atoms in total. The maximum absolute atomic E-state index is 11.8. The van der Waals surface area contributed by atoms with Crippen LogP contribution in [0.2, 0.25) is 0 Å². The Morgan fingerprint density at radius 2 is 2.33 bits per heavy atom. The fourth-order valence-corrected chi connectivity index (χ4v) is 2.19. The van der Waals surface area contributed by atoms with E-state index in [1.165, 1.54) is 11.3 Å². The second-order valence-corrected chi connectivity index (χ2v) is 5.81. The van der Waals surface area contributed by atoms with Crippen molar-refractivity contribution >= 4 is 21.6 Å². The Balaban J connectivity index is 2.20. The van der Waals surface area contributed by atoms with E-state index in [4.69, 9.17) is 0 Å². The minimum atomic E-state index is -0.492. The lowest BCUT2D eigenvalue weighted by atomic mass is 9.99. The van der Waals surface area contributed by atoms with Crippen molar-refractivity contribution in [1.82, 2.24) is 15.3 Å². The fraction of sp³-hybridized carbons (Fsp3) is 0.500. The van der Waals surface area contributed by atoms with Crippen LogP contribution in [0.1, 0.15) is 26.6 Å². The van der Waals surface area contributed by atoms with E-state index in [1.54, 1.807) is 6.92 Å². The van der Waals surface area contributed by atoms with Crippen molar-refractivity contribution in [1.29, 1.82) is 0 Å². The van der Waals surface area contributed by atoms with Gasteiger partial charge >= 0.3 is 0 Å². The van der Waals surface area contributed by atoms with Crippen LogP contribution in [0, 0.1) is 0 Å². The van der Waals surface area contributed by atoms with Crippen LogP contribution in [0.3, 0.4) is 0 Å². The highest BCUT2D eigenvalue weighted by molar-refractivity contribution is 7.17. The number of aliphatic hydroxyl groups excluding tert-OH is 1. The molecular formula is C12H17N3O2S. The van der Waals surface area contributed by atoms with Crippen LogP contribution in [-0.4, -0.2) is 26.7 Å². The number of nitrogens with zero attached hydrogens (tertiary/aromatic N) is 1. The van der Waals surface area contributed by atoms with Gasteiger partial charge in [-0.05, 0) is 32.2 Å². The molecule has 18 heavy (non-hydrogen) atoms. The quantitative estimate of drug-likeness (QED) is 0.778. The van der Waals surface area contributed by atoms with E-state index in [-0.39, 0.29) is 5.56 Å². The fourth-order valence-electron chi connectivity index (χ4n) is 1.46. The summed E-state index contributed by atoms with van der Waals surface area (Å²) in [6.07, 6.45) is -0.492.